The largest absolute Gasteiger partial charge is 0.198 e. The average Bonchev–Trinajstić information content (AvgIpc) is 2.68. The molecule has 1 saturated carbocycles. The summed E-state index contributed by atoms with van der Waals surface area (Å²) in [4.78, 5) is 0. The van der Waals surface area contributed by atoms with E-state index in [0.29, 0.717) is 11.8 Å². The van der Waals surface area contributed by atoms with Crippen molar-refractivity contribution in [3.05, 3.63) is 95.6 Å². The van der Waals surface area contributed by atoms with Crippen LogP contribution in [-0.4, -0.2) is 0 Å². The van der Waals surface area contributed by atoms with Crippen molar-refractivity contribution in [1.29, 1.82) is 5.26 Å². The molecule has 0 heterocycles. The molecule has 26 heavy (non-hydrogen) atoms. The Bertz CT molecular complexity index is 1220. The van der Waals surface area contributed by atoms with Gasteiger partial charge in [0.25, 0.3) is 0 Å². The molecule has 0 unspecified atom stereocenters. The normalized spacial score (nSPS) is 25.7. The van der Waals surface area contributed by atoms with Crippen LogP contribution in [0.4, 0.5) is 0 Å². The predicted octanol–water partition coefficient (Wildman–Crippen LogP) is 6.11. The summed E-state index contributed by atoms with van der Waals surface area (Å²) in [5, 5.41) is 15.4. The van der Waals surface area contributed by atoms with Crippen LogP contribution in [-0.2, 0) is 0 Å². The quantitative estimate of drug-likeness (QED) is 0.386. The van der Waals surface area contributed by atoms with Gasteiger partial charge in [0, 0.05) is 17.8 Å². The van der Waals surface area contributed by atoms with Gasteiger partial charge < -0.3 is 0 Å². The molecule has 2 aliphatic carbocycles. The van der Waals surface area contributed by atoms with E-state index in [-0.39, 0.29) is 11.8 Å². The highest BCUT2D eigenvalue weighted by Crippen LogP contribution is 2.66. The highest BCUT2D eigenvalue weighted by molar-refractivity contribution is 6.12. The van der Waals surface area contributed by atoms with Gasteiger partial charge in [0.2, 0.25) is 0 Å². The number of nitrogens with zero attached hydrogens (tertiary/aromatic N) is 1. The first-order chi connectivity index (χ1) is 12.9. The maximum atomic E-state index is 10.0. The van der Waals surface area contributed by atoms with Crippen molar-refractivity contribution in [3.63, 3.8) is 0 Å². The Morgan fingerprint density at radius 2 is 1.19 bits per heavy atom. The molecule has 0 spiro atoms. The van der Waals surface area contributed by atoms with Crippen LogP contribution >= 0.6 is 0 Å². The summed E-state index contributed by atoms with van der Waals surface area (Å²) in [7, 11) is 0. The third kappa shape index (κ3) is 1.60. The molecule has 122 valence electrons. The number of hydrogen-bond donors (Lipinski definition) is 0. The van der Waals surface area contributed by atoms with E-state index in [2.05, 4.69) is 84.9 Å². The summed E-state index contributed by atoms with van der Waals surface area (Å²) < 4.78 is 0. The fourth-order valence-electron chi connectivity index (χ4n) is 5.54. The zero-order valence-electron chi connectivity index (χ0n) is 14.3. The van der Waals surface area contributed by atoms with Crippen LogP contribution in [0.15, 0.2) is 78.9 Å². The summed E-state index contributed by atoms with van der Waals surface area (Å²) in [5.41, 5.74) is 4.09. The predicted molar refractivity (Wildman–Crippen MR) is 105 cm³/mol. The minimum Gasteiger partial charge on any atom is -0.198 e. The molecule has 0 bridgehead atoms. The second-order valence-corrected chi connectivity index (χ2v) is 7.60. The van der Waals surface area contributed by atoms with Crippen molar-refractivity contribution in [1.82, 2.24) is 0 Å². The third-order valence-corrected chi connectivity index (χ3v) is 6.55. The number of rotatable bonds is 1. The van der Waals surface area contributed by atoms with E-state index in [1.165, 1.54) is 38.2 Å². The van der Waals surface area contributed by atoms with E-state index in [9.17, 15) is 5.26 Å². The highest BCUT2D eigenvalue weighted by atomic mass is 14.6. The molecule has 6 rings (SSSR count). The zero-order valence-corrected chi connectivity index (χ0v) is 14.3. The molecule has 2 aliphatic rings. The maximum absolute atomic E-state index is 10.0. The Labute approximate surface area is 152 Å². The Hall–Kier alpha value is -3.11. The monoisotopic (exact) mass is 331 g/mol. The van der Waals surface area contributed by atoms with E-state index >= 15 is 0 Å². The first-order valence-electron chi connectivity index (χ1n) is 9.27. The van der Waals surface area contributed by atoms with Gasteiger partial charge in [-0.25, -0.2) is 0 Å². The van der Waals surface area contributed by atoms with Gasteiger partial charge in [0.15, 0.2) is 0 Å². The minimum absolute atomic E-state index is 0.0385. The van der Waals surface area contributed by atoms with Crippen molar-refractivity contribution in [2.75, 3.05) is 0 Å². The Balaban J connectivity index is 1.70. The number of fused-ring (bicyclic) bond motifs is 3. The Morgan fingerprint density at radius 3 is 1.81 bits per heavy atom. The summed E-state index contributed by atoms with van der Waals surface area (Å²) in [5.74, 6) is 1.01. The summed E-state index contributed by atoms with van der Waals surface area (Å²) in [6.45, 7) is 0. The molecule has 4 aromatic rings. The molecule has 4 atom stereocenters. The second-order valence-electron chi connectivity index (χ2n) is 7.60. The third-order valence-electron chi connectivity index (χ3n) is 6.55. The van der Waals surface area contributed by atoms with Crippen molar-refractivity contribution in [3.8, 4) is 6.07 Å². The fourth-order valence-corrected chi connectivity index (χ4v) is 5.54. The molecule has 1 fully saturated rings. The van der Waals surface area contributed by atoms with Crippen molar-refractivity contribution >= 4 is 21.5 Å². The van der Waals surface area contributed by atoms with Crippen LogP contribution in [0.5, 0.6) is 0 Å². The van der Waals surface area contributed by atoms with Gasteiger partial charge in [-0.05, 0) is 38.2 Å². The fraction of sp³-hybridized carbons (Fsp3) is 0.160. The molecular weight excluding hydrogens is 314 g/mol. The number of benzene rings is 4. The lowest BCUT2D eigenvalue weighted by Gasteiger charge is -2.52. The molecule has 0 N–H and O–H groups in total. The van der Waals surface area contributed by atoms with E-state index in [1.807, 2.05) is 0 Å². The Morgan fingerprint density at radius 1 is 0.577 bits per heavy atom. The lowest BCUT2D eigenvalue weighted by atomic mass is 9.49. The van der Waals surface area contributed by atoms with Crippen LogP contribution in [0.3, 0.4) is 0 Å². The van der Waals surface area contributed by atoms with E-state index in [1.54, 1.807) is 0 Å². The molecule has 0 amide bonds. The topological polar surface area (TPSA) is 23.8 Å². The second kappa shape index (κ2) is 4.96. The van der Waals surface area contributed by atoms with Gasteiger partial charge in [-0.2, -0.15) is 5.26 Å². The first kappa shape index (κ1) is 14.1. The minimum atomic E-state index is 0.0385. The molecule has 1 nitrogen and oxygen atoms in total. The van der Waals surface area contributed by atoms with Gasteiger partial charge >= 0.3 is 0 Å². The van der Waals surface area contributed by atoms with Crippen LogP contribution in [0.25, 0.3) is 21.5 Å². The van der Waals surface area contributed by atoms with Crippen LogP contribution < -0.4 is 0 Å². The van der Waals surface area contributed by atoms with Crippen LogP contribution in [0.2, 0.25) is 0 Å². The summed E-state index contributed by atoms with van der Waals surface area (Å²) in [6.07, 6.45) is 0. The van der Waals surface area contributed by atoms with Crippen LogP contribution in [0.1, 0.15) is 34.4 Å². The molecule has 0 aliphatic heterocycles. The van der Waals surface area contributed by atoms with Gasteiger partial charge in [0.1, 0.15) is 0 Å². The lowest BCUT2D eigenvalue weighted by Crippen LogP contribution is -2.42. The van der Waals surface area contributed by atoms with Crippen molar-refractivity contribution < 1.29 is 0 Å². The lowest BCUT2D eigenvalue weighted by molar-refractivity contribution is 0.210. The van der Waals surface area contributed by atoms with Gasteiger partial charge in [-0.3, -0.25) is 0 Å². The SMILES string of the molecule is N#C[C@@H]1[C@H]2c3cccc4ccc5cccc(c5c34)[C@H]2[C@H]1c1ccccc1. The molecule has 4 aromatic carbocycles. The molecule has 0 radical (unpaired) electrons. The van der Waals surface area contributed by atoms with Crippen molar-refractivity contribution in [2.24, 2.45) is 5.92 Å². The van der Waals surface area contributed by atoms with E-state index in [0.717, 1.165) is 0 Å². The standard InChI is InChI=1S/C25H17N/c26-14-20-23(15-6-2-1-3-7-15)25-19-11-5-9-17-13-12-16-8-4-10-18(24(20)25)21(16)22(17)19/h1-13,20,23-25H/t20-,23-,24+,25-/m0/s1. The van der Waals surface area contributed by atoms with Gasteiger partial charge in [0.05, 0.1) is 12.0 Å². The van der Waals surface area contributed by atoms with E-state index < -0.39 is 0 Å². The molecular formula is C25H17N. The maximum Gasteiger partial charge on any atom is 0.0669 e. The number of nitriles is 1. The molecule has 0 saturated heterocycles. The van der Waals surface area contributed by atoms with Gasteiger partial charge in [-0.1, -0.05) is 78.9 Å². The van der Waals surface area contributed by atoms with Crippen molar-refractivity contribution in [2.45, 2.75) is 17.8 Å². The highest BCUT2D eigenvalue weighted by Gasteiger charge is 2.54. The molecule has 1 heteroatoms. The number of hydrogen-bond acceptors (Lipinski definition) is 1. The average molecular weight is 331 g/mol. The zero-order chi connectivity index (χ0) is 17.3. The molecule has 0 aromatic heterocycles. The Kier molecular flexibility index (Phi) is 2.69. The smallest absolute Gasteiger partial charge is 0.0669 e. The van der Waals surface area contributed by atoms with Gasteiger partial charge in [-0.15, -0.1) is 0 Å². The summed E-state index contributed by atoms with van der Waals surface area (Å²) in [6, 6.07) is 31.0. The first-order valence-corrected chi connectivity index (χ1v) is 9.27. The van der Waals surface area contributed by atoms with E-state index in [4.69, 9.17) is 0 Å². The van der Waals surface area contributed by atoms with Crippen LogP contribution in [0, 0.1) is 17.2 Å². The summed E-state index contributed by atoms with van der Waals surface area (Å²) >= 11 is 0.